The van der Waals surface area contributed by atoms with E-state index in [1.54, 1.807) is 0 Å². The second-order valence-electron chi connectivity index (χ2n) is 5.55. The van der Waals surface area contributed by atoms with E-state index in [1.807, 2.05) is 16.8 Å². The van der Waals surface area contributed by atoms with Gasteiger partial charge in [0.2, 0.25) is 0 Å². The van der Waals surface area contributed by atoms with Crippen LogP contribution < -0.4 is 0 Å². The van der Waals surface area contributed by atoms with E-state index in [2.05, 4.69) is 34.6 Å². The lowest BCUT2D eigenvalue weighted by Gasteiger charge is -2.36. The Morgan fingerprint density at radius 2 is 1.86 bits per heavy atom. The van der Waals surface area contributed by atoms with E-state index in [1.165, 1.54) is 0 Å². The SMILES string of the molecule is CC(C)N1C(=O)N(C)CC1C(C)(C)C. The number of carbonyl (C=O) groups excluding carboxylic acids is 1. The van der Waals surface area contributed by atoms with Crippen LogP contribution in [0.5, 0.6) is 0 Å². The van der Waals surface area contributed by atoms with Crippen LogP contribution in [0.15, 0.2) is 0 Å². The van der Waals surface area contributed by atoms with Crippen molar-refractivity contribution in [3.05, 3.63) is 0 Å². The number of amides is 2. The van der Waals surface area contributed by atoms with Crippen molar-refractivity contribution in [1.82, 2.24) is 9.80 Å². The number of urea groups is 1. The summed E-state index contributed by atoms with van der Waals surface area (Å²) in [5, 5.41) is 0. The number of carbonyl (C=O) groups is 1. The molecule has 0 N–H and O–H groups in total. The summed E-state index contributed by atoms with van der Waals surface area (Å²) < 4.78 is 0. The molecular formula is C11H22N2O. The average molecular weight is 198 g/mol. The van der Waals surface area contributed by atoms with Crippen LogP contribution in [0.3, 0.4) is 0 Å². The maximum Gasteiger partial charge on any atom is 0.320 e. The Labute approximate surface area is 87.1 Å². The Morgan fingerprint density at radius 3 is 2.14 bits per heavy atom. The van der Waals surface area contributed by atoms with Gasteiger partial charge in [-0.1, -0.05) is 20.8 Å². The van der Waals surface area contributed by atoms with Gasteiger partial charge in [-0.3, -0.25) is 0 Å². The minimum absolute atomic E-state index is 0.157. The molecule has 0 radical (unpaired) electrons. The molecule has 1 aliphatic rings. The Balaban J connectivity index is 2.92. The number of rotatable bonds is 1. The Kier molecular flexibility index (Phi) is 2.79. The molecule has 1 fully saturated rings. The molecular weight excluding hydrogens is 176 g/mol. The first-order valence-corrected chi connectivity index (χ1v) is 5.28. The fraction of sp³-hybridized carbons (Fsp3) is 0.909. The summed E-state index contributed by atoms with van der Waals surface area (Å²) in [6, 6.07) is 0.789. The van der Waals surface area contributed by atoms with Crippen molar-refractivity contribution in [3.63, 3.8) is 0 Å². The second-order valence-corrected chi connectivity index (χ2v) is 5.55. The Bertz CT molecular complexity index is 230. The third kappa shape index (κ3) is 1.86. The molecule has 3 nitrogen and oxygen atoms in total. The molecule has 0 aliphatic carbocycles. The zero-order chi connectivity index (χ0) is 11.1. The predicted octanol–water partition coefficient (Wildman–Crippen LogP) is 2.18. The maximum absolute atomic E-state index is 11.9. The molecule has 1 unspecified atom stereocenters. The second kappa shape index (κ2) is 3.44. The van der Waals surface area contributed by atoms with Crippen molar-refractivity contribution >= 4 is 6.03 Å². The van der Waals surface area contributed by atoms with E-state index >= 15 is 0 Å². The van der Waals surface area contributed by atoms with E-state index in [-0.39, 0.29) is 17.5 Å². The molecule has 82 valence electrons. The molecule has 1 aliphatic heterocycles. The first kappa shape index (κ1) is 11.3. The molecule has 0 aromatic heterocycles. The fourth-order valence-corrected chi connectivity index (χ4v) is 2.03. The average Bonchev–Trinajstić information content (AvgIpc) is 2.27. The van der Waals surface area contributed by atoms with Crippen molar-refractivity contribution in [3.8, 4) is 0 Å². The quantitative estimate of drug-likeness (QED) is 0.633. The molecule has 0 aromatic carbocycles. The molecule has 2 amide bonds. The van der Waals surface area contributed by atoms with Crippen molar-refractivity contribution in [2.45, 2.75) is 46.7 Å². The largest absolute Gasteiger partial charge is 0.326 e. The van der Waals surface area contributed by atoms with Gasteiger partial charge in [-0.2, -0.15) is 0 Å². The molecule has 0 saturated carbocycles. The molecule has 3 heteroatoms. The van der Waals surface area contributed by atoms with Gasteiger partial charge in [0.25, 0.3) is 0 Å². The number of nitrogens with zero attached hydrogens (tertiary/aromatic N) is 2. The Morgan fingerprint density at radius 1 is 1.36 bits per heavy atom. The van der Waals surface area contributed by atoms with Crippen molar-refractivity contribution < 1.29 is 4.79 Å². The minimum atomic E-state index is 0.157. The molecule has 0 aromatic rings. The molecule has 0 spiro atoms. The van der Waals surface area contributed by atoms with Crippen molar-refractivity contribution in [2.24, 2.45) is 5.41 Å². The molecule has 1 saturated heterocycles. The van der Waals surface area contributed by atoms with Gasteiger partial charge >= 0.3 is 6.03 Å². The minimum Gasteiger partial charge on any atom is -0.326 e. The van der Waals surface area contributed by atoms with Crippen LogP contribution in [0.4, 0.5) is 4.79 Å². The van der Waals surface area contributed by atoms with E-state index in [4.69, 9.17) is 0 Å². The lowest BCUT2D eigenvalue weighted by atomic mass is 9.86. The van der Waals surface area contributed by atoms with Crippen LogP contribution in [0.1, 0.15) is 34.6 Å². The van der Waals surface area contributed by atoms with Gasteiger partial charge in [-0.25, -0.2) is 4.79 Å². The predicted molar refractivity (Wildman–Crippen MR) is 58.2 cm³/mol. The number of hydrogen-bond donors (Lipinski definition) is 0. The van der Waals surface area contributed by atoms with Crippen LogP contribution in [0.25, 0.3) is 0 Å². The summed E-state index contributed by atoms with van der Waals surface area (Å²) in [5.41, 5.74) is 0.157. The van der Waals surface area contributed by atoms with Gasteiger partial charge < -0.3 is 9.80 Å². The van der Waals surface area contributed by atoms with Gasteiger partial charge in [0, 0.05) is 19.6 Å². The molecule has 1 atom stereocenters. The number of hydrogen-bond acceptors (Lipinski definition) is 1. The fourth-order valence-electron chi connectivity index (χ4n) is 2.03. The van der Waals surface area contributed by atoms with Crippen LogP contribution in [0, 0.1) is 5.41 Å². The van der Waals surface area contributed by atoms with Gasteiger partial charge in [0.05, 0.1) is 6.04 Å². The third-order valence-corrected chi connectivity index (χ3v) is 2.89. The molecule has 0 bridgehead atoms. The summed E-state index contributed by atoms with van der Waals surface area (Å²) in [6.07, 6.45) is 0. The van der Waals surface area contributed by atoms with E-state index in [0.717, 1.165) is 6.54 Å². The van der Waals surface area contributed by atoms with Crippen LogP contribution >= 0.6 is 0 Å². The standard InChI is InChI=1S/C11H22N2O/c1-8(2)13-9(11(3,4)5)7-12(6)10(13)14/h8-9H,7H2,1-6H3. The van der Waals surface area contributed by atoms with Gasteiger partial charge in [0.1, 0.15) is 0 Å². The highest BCUT2D eigenvalue weighted by Crippen LogP contribution is 2.31. The smallest absolute Gasteiger partial charge is 0.320 e. The first-order chi connectivity index (χ1) is 6.25. The lowest BCUT2D eigenvalue weighted by molar-refractivity contribution is 0.132. The highest BCUT2D eigenvalue weighted by molar-refractivity contribution is 5.77. The van der Waals surface area contributed by atoms with E-state index in [9.17, 15) is 4.79 Å². The normalized spacial score (nSPS) is 23.9. The molecule has 1 rings (SSSR count). The van der Waals surface area contributed by atoms with Gasteiger partial charge in [-0.15, -0.1) is 0 Å². The maximum atomic E-state index is 11.9. The summed E-state index contributed by atoms with van der Waals surface area (Å²) in [6.45, 7) is 11.6. The van der Waals surface area contributed by atoms with Gasteiger partial charge in [0.15, 0.2) is 0 Å². The zero-order valence-corrected chi connectivity index (χ0v) is 10.2. The number of likely N-dealkylation sites (N-methyl/N-ethyl adjacent to an activating group) is 1. The zero-order valence-electron chi connectivity index (χ0n) is 10.2. The highest BCUT2D eigenvalue weighted by Gasteiger charge is 2.42. The summed E-state index contributed by atoms with van der Waals surface area (Å²) >= 11 is 0. The van der Waals surface area contributed by atoms with Gasteiger partial charge in [-0.05, 0) is 19.3 Å². The van der Waals surface area contributed by atoms with E-state index < -0.39 is 0 Å². The lowest BCUT2D eigenvalue weighted by Crippen LogP contribution is -2.46. The van der Waals surface area contributed by atoms with Crippen molar-refractivity contribution in [2.75, 3.05) is 13.6 Å². The van der Waals surface area contributed by atoms with Crippen LogP contribution in [0.2, 0.25) is 0 Å². The molecule has 1 heterocycles. The van der Waals surface area contributed by atoms with Crippen LogP contribution in [-0.2, 0) is 0 Å². The first-order valence-electron chi connectivity index (χ1n) is 5.28. The monoisotopic (exact) mass is 198 g/mol. The molecule has 14 heavy (non-hydrogen) atoms. The summed E-state index contributed by atoms with van der Waals surface area (Å²) in [4.78, 5) is 15.7. The Hall–Kier alpha value is -0.730. The summed E-state index contributed by atoms with van der Waals surface area (Å²) in [5.74, 6) is 0. The van der Waals surface area contributed by atoms with Crippen LogP contribution in [-0.4, -0.2) is 41.5 Å². The topological polar surface area (TPSA) is 23.6 Å². The third-order valence-electron chi connectivity index (χ3n) is 2.89. The van der Waals surface area contributed by atoms with E-state index in [0.29, 0.717) is 6.04 Å². The highest BCUT2D eigenvalue weighted by atomic mass is 16.2. The van der Waals surface area contributed by atoms with Crippen molar-refractivity contribution in [1.29, 1.82) is 0 Å². The summed E-state index contributed by atoms with van der Waals surface area (Å²) in [7, 11) is 1.88.